The largest absolute Gasteiger partial charge is 0.330 e. The minimum Gasteiger partial charge on any atom is -0.330 e. The lowest BCUT2D eigenvalue weighted by atomic mass is 10.1. The third kappa shape index (κ3) is 3.58. The standard InChI is InChI=1S/C16H28N2O2S2/c1-5-13-11(3)21-9-7-17(13)15(19)16(20)18-8-10-22-12(4)14(18)6-2/h11-14H,5-10H2,1-4H3. The second-order valence-corrected chi connectivity index (χ2v) is 9.07. The average molecular weight is 345 g/mol. The van der Waals surface area contributed by atoms with E-state index in [0.29, 0.717) is 23.6 Å². The third-order valence-electron chi connectivity index (χ3n) is 4.85. The molecule has 2 saturated heterocycles. The van der Waals surface area contributed by atoms with Crippen LogP contribution in [0.2, 0.25) is 0 Å². The Kier molecular flexibility index (Phi) is 6.50. The van der Waals surface area contributed by atoms with Gasteiger partial charge in [0.1, 0.15) is 0 Å². The normalized spacial score (nSPS) is 32.9. The van der Waals surface area contributed by atoms with Gasteiger partial charge in [-0.05, 0) is 12.8 Å². The zero-order chi connectivity index (χ0) is 16.3. The summed E-state index contributed by atoms with van der Waals surface area (Å²) in [5.74, 6) is 1.30. The summed E-state index contributed by atoms with van der Waals surface area (Å²) in [6.45, 7) is 9.94. The lowest BCUT2D eigenvalue weighted by molar-refractivity contribution is -0.154. The number of carbonyl (C=O) groups excluding carboxylic acids is 2. The number of nitrogens with zero attached hydrogens (tertiary/aromatic N) is 2. The van der Waals surface area contributed by atoms with Crippen LogP contribution in [-0.4, -0.2) is 68.8 Å². The van der Waals surface area contributed by atoms with Gasteiger partial charge in [0, 0.05) is 47.2 Å². The van der Waals surface area contributed by atoms with Gasteiger partial charge in [-0.1, -0.05) is 27.7 Å². The first-order chi connectivity index (χ1) is 10.5. The fourth-order valence-corrected chi connectivity index (χ4v) is 6.06. The second-order valence-electron chi connectivity index (χ2n) is 6.10. The summed E-state index contributed by atoms with van der Waals surface area (Å²) >= 11 is 3.81. The highest BCUT2D eigenvalue weighted by Gasteiger charge is 2.39. The molecule has 126 valence electrons. The fourth-order valence-electron chi connectivity index (χ4n) is 3.59. The Balaban J connectivity index is 2.11. The van der Waals surface area contributed by atoms with Crippen molar-refractivity contribution in [3.05, 3.63) is 0 Å². The zero-order valence-electron chi connectivity index (χ0n) is 14.1. The molecule has 0 aromatic carbocycles. The van der Waals surface area contributed by atoms with E-state index in [9.17, 15) is 9.59 Å². The quantitative estimate of drug-likeness (QED) is 0.722. The van der Waals surface area contributed by atoms with E-state index in [4.69, 9.17) is 0 Å². The molecule has 0 spiro atoms. The van der Waals surface area contributed by atoms with Crippen LogP contribution in [0.1, 0.15) is 40.5 Å². The first-order valence-electron chi connectivity index (χ1n) is 8.36. The first-order valence-corrected chi connectivity index (χ1v) is 10.5. The van der Waals surface area contributed by atoms with Crippen molar-refractivity contribution in [1.82, 2.24) is 9.80 Å². The van der Waals surface area contributed by atoms with Crippen molar-refractivity contribution in [2.75, 3.05) is 24.6 Å². The summed E-state index contributed by atoms with van der Waals surface area (Å²) in [6.07, 6.45) is 1.83. The second kappa shape index (κ2) is 7.95. The van der Waals surface area contributed by atoms with E-state index in [1.54, 1.807) is 0 Å². The maximum atomic E-state index is 12.8. The van der Waals surface area contributed by atoms with E-state index in [2.05, 4.69) is 27.7 Å². The van der Waals surface area contributed by atoms with Crippen LogP contribution < -0.4 is 0 Å². The van der Waals surface area contributed by atoms with Gasteiger partial charge in [0.05, 0.1) is 0 Å². The molecule has 0 aliphatic carbocycles. The Morgan fingerprint density at radius 2 is 1.23 bits per heavy atom. The molecular formula is C16H28N2O2S2. The maximum absolute atomic E-state index is 12.8. The van der Waals surface area contributed by atoms with E-state index in [1.807, 2.05) is 33.3 Å². The van der Waals surface area contributed by atoms with Gasteiger partial charge in [-0.25, -0.2) is 0 Å². The molecule has 4 unspecified atom stereocenters. The van der Waals surface area contributed by atoms with E-state index < -0.39 is 0 Å². The molecule has 2 aliphatic rings. The monoisotopic (exact) mass is 344 g/mol. The molecule has 4 nitrogen and oxygen atoms in total. The van der Waals surface area contributed by atoms with Crippen molar-refractivity contribution >= 4 is 35.3 Å². The number of hydrogen-bond donors (Lipinski definition) is 0. The van der Waals surface area contributed by atoms with Crippen molar-refractivity contribution in [1.29, 1.82) is 0 Å². The summed E-state index contributed by atoms with van der Waals surface area (Å²) in [7, 11) is 0. The van der Waals surface area contributed by atoms with E-state index >= 15 is 0 Å². The Bertz CT molecular complexity index is 381. The minimum atomic E-state index is -0.281. The number of rotatable bonds is 2. The Hall–Kier alpha value is -0.360. The molecular weight excluding hydrogens is 316 g/mol. The predicted octanol–water partition coefficient (Wildman–Crippen LogP) is 2.47. The van der Waals surface area contributed by atoms with Crippen LogP contribution in [0.5, 0.6) is 0 Å². The molecule has 2 amide bonds. The minimum absolute atomic E-state index is 0.187. The van der Waals surface area contributed by atoms with Crippen LogP contribution in [0.15, 0.2) is 0 Å². The first kappa shape index (κ1) is 18.0. The van der Waals surface area contributed by atoms with Crippen LogP contribution in [0.3, 0.4) is 0 Å². The van der Waals surface area contributed by atoms with Crippen molar-refractivity contribution in [3.8, 4) is 0 Å². The Labute approximate surface area is 142 Å². The molecule has 4 atom stereocenters. The molecule has 22 heavy (non-hydrogen) atoms. The van der Waals surface area contributed by atoms with Crippen molar-refractivity contribution < 1.29 is 9.59 Å². The lowest BCUT2D eigenvalue weighted by Gasteiger charge is -2.42. The van der Waals surface area contributed by atoms with Gasteiger partial charge in [-0.15, -0.1) is 0 Å². The predicted molar refractivity (Wildman–Crippen MR) is 95.4 cm³/mol. The van der Waals surface area contributed by atoms with Crippen LogP contribution >= 0.6 is 23.5 Å². The molecule has 2 fully saturated rings. The molecule has 2 rings (SSSR count). The Morgan fingerprint density at radius 3 is 1.55 bits per heavy atom. The molecule has 0 N–H and O–H groups in total. The van der Waals surface area contributed by atoms with Gasteiger partial charge >= 0.3 is 11.8 Å². The average Bonchev–Trinajstić information content (AvgIpc) is 2.52. The van der Waals surface area contributed by atoms with Crippen molar-refractivity contribution in [3.63, 3.8) is 0 Å². The number of thioether (sulfide) groups is 2. The highest BCUT2D eigenvalue weighted by Crippen LogP contribution is 2.29. The summed E-state index contributed by atoms with van der Waals surface area (Å²) in [4.78, 5) is 29.3. The van der Waals surface area contributed by atoms with Crippen molar-refractivity contribution in [2.24, 2.45) is 0 Å². The van der Waals surface area contributed by atoms with E-state index in [1.165, 1.54) is 0 Å². The number of hydrogen-bond acceptors (Lipinski definition) is 4. The van der Waals surface area contributed by atoms with Crippen LogP contribution in [0, 0.1) is 0 Å². The number of amides is 2. The van der Waals surface area contributed by atoms with Crippen LogP contribution in [0.4, 0.5) is 0 Å². The van der Waals surface area contributed by atoms with Crippen LogP contribution in [-0.2, 0) is 9.59 Å². The molecule has 2 heterocycles. The zero-order valence-corrected chi connectivity index (χ0v) is 15.7. The molecule has 0 bridgehead atoms. The summed E-state index contributed by atoms with van der Waals surface area (Å²) < 4.78 is 0. The summed E-state index contributed by atoms with van der Waals surface area (Å²) in [5.41, 5.74) is 0. The number of carbonyl (C=O) groups is 2. The maximum Gasteiger partial charge on any atom is 0.312 e. The summed E-state index contributed by atoms with van der Waals surface area (Å²) in [5, 5.41) is 0.821. The molecule has 0 aromatic heterocycles. The SMILES string of the molecule is CCC1C(C)SCCN1C(=O)C(=O)N1CCSC(C)C1CC. The molecule has 2 aliphatic heterocycles. The lowest BCUT2D eigenvalue weighted by Crippen LogP contribution is -2.58. The van der Waals surface area contributed by atoms with Crippen LogP contribution in [0.25, 0.3) is 0 Å². The van der Waals surface area contributed by atoms with Gasteiger partial charge in [0.2, 0.25) is 0 Å². The third-order valence-corrected chi connectivity index (χ3v) is 7.37. The van der Waals surface area contributed by atoms with Gasteiger partial charge in [-0.2, -0.15) is 23.5 Å². The molecule has 6 heteroatoms. The van der Waals surface area contributed by atoms with Gasteiger partial charge in [-0.3, -0.25) is 9.59 Å². The Morgan fingerprint density at radius 1 is 0.864 bits per heavy atom. The van der Waals surface area contributed by atoms with Gasteiger partial charge in [0.25, 0.3) is 0 Å². The highest BCUT2D eigenvalue weighted by atomic mass is 32.2. The molecule has 0 aromatic rings. The van der Waals surface area contributed by atoms with E-state index in [0.717, 1.165) is 24.3 Å². The molecule has 0 radical (unpaired) electrons. The van der Waals surface area contributed by atoms with Gasteiger partial charge < -0.3 is 9.80 Å². The van der Waals surface area contributed by atoms with Crippen molar-refractivity contribution in [2.45, 2.75) is 63.1 Å². The highest BCUT2D eigenvalue weighted by molar-refractivity contribution is 8.00. The van der Waals surface area contributed by atoms with Gasteiger partial charge in [0.15, 0.2) is 0 Å². The topological polar surface area (TPSA) is 40.6 Å². The fraction of sp³-hybridized carbons (Fsp3) is 0.875. The summed E-state index contributed by atoms with van der Waals surface area (Å²) in [6, 6.07) is 0.374. The smallest absolute Gasteiger partial charge is 0.312 e. The van der Waals surface area contributed by atoms with E-state index in [-0.39, 0.29) is 23.9 Å². The molecule has 0 saturated carbocycles.